The Balaban J connectivity index is 2.38. The number of para-hydroxylation sites is 1. The zero-order chi connectivity index (χ0) is 11.5. The highest BCUT2D eigenvalue weighted by atomic mass is 19.1. The molecule has 0 fully saturated rings. The van der Waals surface area contributed by atoms with Crippen LogP contribution in [0.15, 0.2) is 48.5 Å². The lowest BCUT2D eigenvalue weighted by Gasteiger charge is -2.19. The SMILES string of the molecule is CN(c1ccccc1)c1ccc(F)cc1F. The van der Waals surface area contributed by atoms with Crippen LogP contribution >= 0.6 is 0 Å². The third-order valence-electron chi connectivity index (χ3n) is 2.41. The van der Waals surface area contributed by atoms with E-state index in [-0.39, 0.29) is 0 Å². The molecule has 2 aromatic rings. The van der Waals surface area contributed by atoms with E-state index in [2.05, 4.69) is 0 Å². The number of benzene rings is 2. The minimum atomic E-state index is -0.567. The summed E-state index contributed by atoms with van der Waals surface area (Å²) < 4.78 is 26.3. The average Bonchev–Trinajstić information content (AvgIpc) is 2.29. The first kappa shape index (κ1) is 10.6. The molecule has 0 aliphatic carbocycles. The maximum absolute atomic E-state index is 13.5. The summed E-state index contributed by atoms with van der Waals surface area (Å²) in [4.78, 5) is 1.68. The van der Waals surface area contributed by atoms with Gasteiger partial charge in [-0.15, -0.1) is 0 Å². The summed E-state index contributed by atoms with van der Waals surface area (Å²) in [6, 6.07) is 12.9. The highest BCUT2D eigenvalue weighted by Crippen LogP contribution is 2.26. The summed E-state index contributed by atoms with van der Waals surface area (Å²) in [5.74, 6) is -1.13. The summed E-state index contributed by atoms with van der Waals surface area (Å²) in [5.41, 5.74) is 1.21. The monoisotopic (exact) mass is 219 g/mol. The number of nitrogens with zero attached hydrogens (tertiary/aromatic N) is 1. The van der Waals surface area contributed by atoms with Crippen LogP contribution in [0.2, 0.25) is 0 Å². The summed E-state index contributed by atoms with van der Waals surface area (Å²) in [7, 11) is 1.74. The van der Waals surface area contributed by atoms with Crippen molar-refractivity contribution in [3.05, 3.63) is 60.2 Å². The molecule has 0 N–H and O–H groups in total. The van der Waals surface area contributed by atoms with Gasteiger partial charge in [0.25, 0.3) is 0 Å². The van der Waals surface area contributed by atoms with Crippen LogP contribution in [0.4, 0.5) is 20.2 Å². The predicted molar refractivity (Wildman–Crippen MR) is 60.9 cm³/mol. The van der Waals surface area contributed by atoms with Gasteiger partial charge in [0.05, 0.1) is 5.69 Å². The lowest BCUT2D eigenvalue weighted by Crippen LogP contribution is -2.11. The topological polar surface area (TPSA) is 3.24 Å². The number of hydrogen-bond acceptors (Lipinski definition) is 1. The second kappa shape index (κ2) is 4.31. The van der Waals surface area contributed by atoms with Crippen molar-refractivity contribution >= 4 is 11.4 Å². The van der Waals surface area contributed by atoms with E-state index in [1.54, 1.807) is 11.9 Å². The molecular weight excluding hydrogens is 208 g/mol. The normalized spacial score (nSPS) is 10.2. The minimum Gasteiger partial charge on any atom is -0.342 e. The summed E-state index contributed by atoms with van der Waals surface area (Å²) in [6.07, 6.45) is 0. The molecule has 1 nitrogen and oxygen atoms in total. The van der Waals surface area contributed by atoms with Crippen molar-refractivity contribution in [1.29, 1.82) is 0 Å². The van der Waals surface area contributed by atoms with Crippen LogP contribution in [-0.2, 0) is 0 Å². The minimum absolute atomic E-state index is 0.354. The lowest BCUT2D eigenvalue weighted by atomic mass is 10.2. The van der Waals surface area contributed by atoms with E-state index in [4.69, 9.17) is 0 Å². The molecule has 0 aliphatic heterocycles. The Morgan fingerprint density at radius 2 is 1.62 bits per heavy atom. The molecular formula is C13H11F2N. The first-order valence-corrected chi connectivity index (χ1v) is 4.92. The molecule has 0 radical (unpaired) electrons. The highest BCUT2D eigenvalue weighted by molar-refractivity contribution is 5.62. The zero-order valence-electron chi connectivity index (χ0n) is 8.82. The molecule has 0 amide bonds. The fourth-order valence-electron chi connectivity index (χ4n) is 1.54. The van der Waals surface area contributed by atoms with Crippen molar-refractivity contribution in [1.82, 2.24) is 0 Å². The third-order valence-corrected chi connectivity index (χ3v) is 2.41. The quantitative estimate of drug-likeness (QED) is 0.743. The highest BCUT2D eigenvalue weighted by Gasteiger charge is 2.09. The van der Waals surface area contributed by atoms with E-state index in [1.807, 2.05) is 30.3 Å². The van der Waals surface area contributed by atoms with E-state index < -0.39 is 11.6 Å². The second-order valence-corrected chi connectivity index (χ2v) is 3.49. The molecule has 0 saturated carbocycles. The number of anilines is 2. The molecule has 16 heavy (non-hydrogen) atoms. The Kier molecular flexibility index (Phi) is 2.86. The summed E-state index contributed by atoms with van der Waals surface area (Å²) in [5, 5.41) is 0. The first-order chi connectivity index (χ1) is 7.68. The number of hydrogen-bond donors (Lipinski definition) is 0. The molecule has 0 spiro atoms. The molecule has 0 aliphatic rings. The summed E-state index contributed by atoms with van der Waals surface area (Å²) in [6.45, 7) is 0. The zero-order valence-corrected chi connectivity index (χ0v) is 8.82. The third kappa shape index (κ3) is 2.03. The molecule has 0 heterocycles. The van der Waals surface area contributed by atoms with E-state index in [0.717, 1.165) is 11.8 Å². The van der Waals surface area contributed by atoms with Gasteiger partial charge in [-0.05, 0) is 24.3 Å². The van der Waals surface area contributed by atoms with Gasteiger partial charge in [0.1, 0.15) is 11.6 Å². The van der Waals surface area contributed by atoms with Crippen LogP contribution in [0.3, 0.4) is 0 Å². The predicted octanol–water partition coefficient (Wildman–Crippen LogP) is 3.73. The Labute approximate surface area is 92.9 Å². The number of halogens is 2. The average molecular weight is 219 g/mol. The largest absolute Gasteiger partial charge is 0.342 e. The first-order valence-electron chi connectivity index (χ1n) is 4.92. The number of rotatable bonds is 2. The van der Waals surface area contributed by atoms with Crippen LogP contribution in [0.25, 0.3) is 0 Å². The second-order valence-electron chi connectivity index (χ2n) is 3.49. The fraction of sp³-hybridized carbons (Fsp3) is 0.0769. The molecule has 3 heteroatoms. The molecule has 0 saturated heterocycles. The van der Waals surface area contributed by atoms with E-state index in [0.29, 0.717) is 5.69 Å². The Morgan fingerprint density at radius 3 is 2.25 bits per heavy atom. The van der Waals surface area contributed by atoms with Gasteiger partial charge in [-0.3, -0.25) is 0 Å². The van der Waals surface area contributed by atoms with Gasteiger partial charge in [0.15, 0.2) is 0 Å². The van der Waals surface area contributed by atoms with Crippen LogP contribution in [0.5, 0.6) is 0 Å². The van der Waals surface area contributed by atoms with Crippen molar-refractivity contribution in [2.24, 2.45) is 0 Å². The van der Waals surface area contributed by atoms with E-state index in [9.17, 15) is 8.78 Å². The fourth-order valence-corrected chi connectivity index (χ4v) is 1.54. The van der Waals surface area contributed by atoms with Gasteiger partial charge in [0, 0.05) is 18.8 Å². The van der Waals surface area contributed by atoms with Crippen LogP contribution in [0.1, 0.15) is 0 Å². The maximum Gasteiger partial charge on any atom is 0.149 e. The van der Waals surface area contributed by atoms with E-state index >= 15 is 0 Å². The Bertz CT molecular complexity index is 483. The molecule has 82 valence electrons. The van der Waals surface area contributed by atoms with Crippen molar-refractivity contribution in [2.75, 3.05) is 11.9 Å². The van der Waals surface area contributed by atoms with Crippen LogP contribution < -0.4 is 4.90 Å². The summed E-state index contributed by atoms with van der Waals surface area (Å²) >= 11 is 0. The van der Waals surface area contributed by atoms with Gasteiger partial charge in [-0.25, -0.2) is 8.78 Å². The molecule has 0 bridgehead atoms. The van der Waals surface area contributed by atoms with Gasteiger partial charge in [-0.2, -0.15) is 0 Å². The van der Waals surface area contributed by atoms with Gasteiger partial charge in [-0.1, -0.05) is 18.2 Å². The maximum atomic E-state index is 13.5. The van der Waals surface area contributed by atoms with Crippen molar-refractivity contribution in [3.8, 4) is 0 Å². The van der Waals surface area contributed by atoms with Crippen molar-refractivity contribution < 1.29 is 8.78 Å². The molecule has 2 rings (SSSR count). The van der Waals surface area contributed by atoms with E-state index in [1.165, 1.54) is 12.1 Å². The van der Waals surface area contributed by atoms with Crippen LogP contribution in [-0.4, -0.2) is 7.05 Å². The van der Waals surface area contributed by atoms with Crippen molar-refractivity contribution in [3.63, 3.8) is 0 Å². The Hall–Kier alpha value is -1.90. The smallest absolute Gasteiger partial charge is 0.149 e. The molecule has 0 aromatic heterocycles. The van der Waals surface area contributed by atoms with Gasteiger partial charge in [0.2, 0.25) is 0 Å². The van der Waals surface area contributed by atoms with Gasteiger partial charge >= 0.3 is 0 Å². The lowest BCUT2D eigenvalue weighted by molar-refractivity contribution is 0.583. The van der Waals surface area contributed by atoms with Crippen LogP contribution in [0, 0.1) is 11.6 Å². The van der Waals surface area contributed by atoms with Crippen molar-refractivity contribution in [2.45, 2.75) is 0 Å². The molecule has 0 unspecified atom stereocenters. The standard InChI is InChI=1S/C13H11F2N/c1-16(11-5-3-2-4-6-11)13-8-7-10(14)9-12(13)15/h2-9H,1H3. The molecule has 0 atom stereocenters. The Morgan fingerprint density at radius 1 is 0.938 bits per heavy atom. The molecule has 2 aromatic carbocycles. The van der Waals surface area contributed by atoms with Gasteiger partial charge < -0.3 is 4.90 Å².